The van der Waals surface area contributed by atoms with E-state index in [0.717, 1.165) is 36.1 Å². The van der Waals surface area contributed by atoms with Crippen molar-refractivity contribution in [3.05, 3.63) is 16.0 Å². The van der Waals surface area contributed by atoms with Crippen LogP contribution in [-0.2, 0) is 23.1 Å². The van der Waals surface area contributed by atoms with E-state index in [1.807, 2.05) is 6.92 Å². The average molecular weight is 332 g/mol. The first kappa shape index (κ1) is 16.3. The molecule has 2 N–H and O–H groups in total. The van der Waals surface area contributed by atoms with Crippen LogP contribution in [0.3, 0.4) is 0 Å². The Hall–Kier alpha value is -1.12. The summed E-state index contributed by atoms with van der Waals surface area (Å²) in [6.07, 6.45) is 4.14. The van der Waals surface area contributed by atoms with Gasteiger partial charge in [0.15, 0.2) is 0 Å². The minimum absolute atomic E-state index is 0.125. The van der Waals surface area contributed by atoms with Crippen molar-refractivity contribution in [2.75, 3.05) is 18.3 Å². The third-order valence-electron chi connectivity index (χ3n) is 3.59. The number of hydrogen-bond donors (Lipinski definition) is 2. The van der Waals surface area contributed by atoms with Gasteiger partial charge in [0.1, 0.15) is 5.00 Å². The molecule has 1 heterocycles. The lowest BCUT2D eigenvalue weighted by molar-refractivity contribution is 0.0697. The number of aryl methyl sites for hydroxylation is 1. The lowest BCUT2D eigenvalue weighted by atomic mass is 10.1. The Morgan fingerprint density at radius 2 is 2.14 bits per heavy atom. The van der Waals surface area contributed by atoms with Crippen molar-refractivity contribution in [1.29, 1.82) is 0 Å². The number of aromatic carboxylic acids is 1. The Bertz CT molecular complexity index is 637. The normalized spacial score (nSPS) is 14.4. The van der Waals surface area contributed by atoms with Crippen LogP contribution in [0, 0.1) is 0 Å². The van der Waals surface area contributed by atoms with Crippen molar-refractivity contribution in [3.63, 3.8) is 0 Å². The minimum atomic E-state index is -3.70. The van der Waals surface area contributed by atoms with Crippen LogP contribution in [0.4, 0.5) is 5.00 Å². The molecule has 0 unspecified atom stereocenters. The number of nitrogens with zero attached hydrogens (tertiary/aromatic N) is 1. The molecule has 0 saturated carbocycles. The molecule has 0 radical (unpaired) electrons. The molecule has 0 bridgehead atoms. The summed E-state index contributed by atoms with van der Waals surface area (Å²) in [7, 11) is -2.20. The monoisotopic (exact) mass is 332 g/mol. The molecule has 1 aliphatic carbocycles. The maximum absolute atomic E-state index is 12.2. The maximum atomic E-state index is 12.2. The van der Waals surface area contributed by atoms with E-state index in [0.29, 0.717) is 13.0 Å². The second-order valence-corrected chi connectivity index (χ2v) is 8.03. The number of fused-ring (bicyclic) bond motifs is 1. The van der Waals surface area contributed by atoms with E-state index in [9.17, 15) is 18.3 Å². The predicted molar refractivity (Wildman–Crippen MR) is 83.4 cm³/mol. The number of anilines is 1. The van der Waals surface area contributed by atoms with Crippen molar-refractivity contribution in [2.45, 2.75) is 39.0 Å². The van der Waals surface area contributed by atoms with Crippen molar-refractivity contribution in [2.24, 2.45) is 0 Å². The lowest BCUT2D eigenvalue weighted by Crippen LogP contribution is -2.33. The predicted octanol–water partition coefficient (Wildman–Crippen LogP) is 2.32. The van der Waals surface area contributed by atoms with Crippen molar-refractivity contribution in [3.8, 4) is 0 Å². The van der Waals surface area contributed by atoms with E-state index < -0.39 is 16.2 Å². The molecule has 0 amide bonds. The van der Waals surface area contributed by atoms with Gasteiger partial charge in [-0.25, -0.2) is 4.79 Å². The standard InChI is InChI=1S/C13H20N2O4S2/c1-3-4-8-15(2)21(18,19)14-12-11(13(16)17)9-6-5-7-10(9)20-12/h14H,3-8H2,1-2H3,(H,16,17). The molecular formula is C13H20N2O4S2. The molecule has 0 aromatic carbocycles. The van der Waals surface area contributed by atoms with Gasteiger partial charge in [0.05, 0.1) is 5.56 Å². The fourth-order valence-corrected chi connectivity index (χ4v) is 4.88. The summed E-state index contributed by atoms with van der Waals surface area (Å²) in [5, 5.41) is 9.59. The van der Waals surface area contributed by atoms with Crippen LogP contribution in [0.1, 0.15) is 47.0 Å². The van der Waals surface area contributed by atoms with Gasteiger partial charge in [-0.15, -0.1) is 11.3 Å². The molecule has 2 rings (SSSR count). The zero-order valence-electron chi connectivity index (χ0n) is 12.2. The van der Waals surface area contributed by atoms with Gasteiger partial charge in [0.2, 0.25) is 0 Å². The van der Waals surface area contributed by atoms with Crippen LogP contribution >= 0.6 is 11.3 Å². The highest BCUT2D eigenvalue weighted by Crippen LogP contribution is 2.39. The van der Waals surface area contributed by atoms with Crippen molar-refractivity contribution >= 4 is 32.5 Å². The van der Waals surface area contributed by atoms with Gasteiger partial charge in [-0.2, -0.15) is 12.7 Å². The Labute approximate surface area is 129 Å². The number of carboxylic acid groups (broad SMARTS) is 1. The number of nitrogens with one attached hydrogen (secondary N) is 1. The smallest absolute Gasteiger partial charge is 0.339 e. The number of thiophene rings is 1. The highest BCUT2D eigenvalue weighted by atomic mass is 32.2. The Kier molecular flexibility index (Phi) is 4.90. The summed E-state index contributed by atoms with van der Waals surface area (Å²) in [6.45, 7) is 2.40. The van der Waals surface area contributed by atoms with Crippen LogP contribution in [-0.4, -0.2) is 37.4 Å². The zero-order valence-corrected chi connectivity index (χ0v) is 13.8. The van der Waals surface area contributed by atoms with E-state index in [4.69, 9.17) is 0 Å². The molecule has 0 saturated heterocycles. The van der Waals surface area contributed by atoms with Gasteiger partial charge >= 0.3 is 16.2 Å². The highest BCUT2D eigenvalue weighted by molar-refractivity contribution is 7.90. The van der Waals surface area contributed by atoms with E-state index >= 15 is 0 Å². The second kappa shape index (κ2) is 6.33. The fourth-order valence-electron chi connectivity index (χ4n) is 2.40. The molecule has 118 valence electrons. The molecule has 6 nitrogen and oxygen atoms in total. The van der Waals surface area contributed by atoms with E-state index in [-0.39, 0.29) is 10.6 Å². The van der Waals surface area contributed by atoms with Gasteiger partial charge in [-0.05, 0) is 31.2 Å². The molecule has 0 fully saturated rings. The maximum Gasteiger partial charge on any atom is 0.339 e. The molecule has 1 aliphatic rings. The SMILES string of the molecule is CCCCN(C)S(=O)(=O)Nc1sc2c(c1C(=O)O)CCC2. The number of carbonyl (C=O) groups is 1. The first-order chi connectivity index (χ1) is 9.86. The van der Waals surface area contributed by atoms with Crippen LogP contribution in [0.25, 0.3) is 0 Å². The first-order valence-electron chi connectivity index (χ1n) is 6.98. The average Bonchev–Trinajstić information content (AvgIpc) is 2.94. The van der Waals surface area contributed by atoms with E-state index in [1.54, 1.807) is 0 Å². The summed E-state index contributed by atoms with van der Waals surface area (Å²) < 4.78 is 28.1. The Morgan fingerprint density at radius 3 is 2.76 bits per heavy atom. The van der Waals surface area contributed by atoms with Crippen LogP contribution in [0.5, 0.6) is 0 Å². The lowest BCUT2D eigenvalue weighted by Gasteiger charge is -2.17. The topological polar surface area (TPSA) is 86.7 Å². The molecule has 21 heavy (non-hydrogen) atoms. The first-order valence-corrected chi connectivity index (χ1v) is 9.24. The summed E-state index contributed by atoms with van der Waals surface area (Å²) in [5.41, 5.74) is 0.918. The van der Waals surface area contributed by atoms with E-state index in [1.165, 1.54) is 22.7 Å². The molecular weight excluding hydrogens is 312 g/mol. The Balaban J connectivity index is 2.25. The van der Waals surface area contributed by atoms with Crippen LogP contribution in [0.15, 0.2) is 0 Å². The van der Waals surface area contributed by atoms with Gasteiger partial charge in [-0.3, -0.25) is 4.72 Å². The van der Waals surface area contributed by atoms with Gasteiger partial charge in [0, 0.05) is 18.5 Å². The summed E-state index contributed by atoms with van der Waals surface area (Å²) in [5.74, 6) is -1.07. The molecule has 8 heteroatoms. The summed E-state index contributed by atoms with van der Waals surface area (Å²) in [6, 6.07) is 0. The number of carboxylic acids is 1. The third kappa shape index (κ3) is 3.38. The minimum Gasteiger partial charge on any atom is -0.478 e. The summed E-state index contributed by atoms with van der Waals surface area (Å²) >= 11 is 1.25. The van der Waals surface area contributed by atoms with Gasteiger partial charge < -0.3 is 5.11 Å². The van der Waals surface area contributed by atoms with Crippen molar-refractivity contribution < 1.29 is 18.3 Å². The quantitative estimate of drug-likeness (QED) is 0.802. The van der Waals surface area contributed by atoms with Crippen molar-refractivity contribution in [1.82, 2.24) is 4.31 Å². The molecule has 0 aliphatic heterocycles. The van der Waals surface area contributed by atoms with Crippen LogP contribution in [0.2, 0.25) is 0 Å². The van der Waals surface area contributed by atoms with Crippen LogP contribution < -0.4 is 4.72 Å². The van der Waals surface area contributed by atoms with Gasteiger partial charge in [-0.1, -0.05) is 13.3 Å². The molecule has 0 spiro atoms. The molecule has 1 aromatic rings. The summed E-state index contributed by atoms with van der Waals surface area (Å²) in [4.78, 5) is 12.4. The fraction of sp³-hybridized carbons (Fsp3) is 0.615. The Morgan fingerprint density at radius 1 is 1.43 bits per heavy atom. The highest BCUT2D eigenvalue weighted by Gasteiger charge is 2.29. The second-order valence-electron chi connectivity index (χ2n) is 5.15. The number of hydrogen-bond acceptors (Lipinski definition) is 4. The number of rotatable bonds is 7. The zero-order chi connectivity index (χ0) is 15.6. The largest absolute Gasteiger partial charge is 0.478 e. The third-order valence-corrected chi connectivity index (χ3v) is 6.40. The molecule has 0 atom stereocenters. The molecule has 1 aromatic heterocycles. The van der Waals surface area contributed by atoms with Gasteiger partial charge in [0.25, 0.3) is 0 Å². The number of unbranched alkanes of at least 4 members (excludes halogenated alkanes) is 1. The van der Waals surface area contributed by atoms with E-state index in [2.05, 4.69) is 4.72 Å².